The summed E-state index contributed by atoms with van der Waals surface area (Å²) in [4.78, 5) is 0.954. The minimum atomic E-state index is -3.86. The minimum Gasteiger partial charge on any atom is -0.326 e. The number of nitrogens with one attached hydrogen (secondary N) is 1. The molecule has 13 heteroatoms. The van der Waals surface area contributed by atoms with Crippen molar-refractivity contribution in [2.45, 2.75) is 10.8 Å². The zero-order valence-corrected chi connectivity index (χ0v) is 17.3. The lowest BCUT2D eigenvalue weighted by molar-refractivity contribution is 0.282. The normalized spacial score (nSPS) is 12.1. The van der Waals surface area contributed by atoms with Gasteiger partial charge in [-0.25, -0.2) is 17.3 Å². The molecule has 0 fully saturated rings. The third-order valence-electron chi connectivity index (χ3n) is 3.37. The Kier molecular flexibility index (Phi) is 6.36. The molecule has 3 aromatic rings. The van der Waals surface area contributed by atoms with E-state index in [1.165, 1.54) is 23.5 Å². The molecule has 28 heavy (non-hydrogen) atoms. The maximum absolute atomic E-state index is 13.5. The van der Waals surface area contributed by atoms with Gasteiger partial charge in [0.15, 0.2) is 12.5 Å². The molecule has 3 N–H and O–H groups in total. The molecular weight excluding hydrogens is 448 g/mol. The van der Waals surface area contributed by atoms with E-state index in [0.717, 1.165) is 37.7 Å². The number of nitrogens with zero attached hydrogens (tertiary/aromatic N) is 1. The molecule has 3 rings (SSSR count). The predicted molar refractivity (Wildman–Crippen MR) is 103 cm³/mol. The van der Waals surface area contributed by atoms with Crippen LogP contribution in [0.2, 0.25) is 0 Å². The van der Waals surface area contributed by atoms with Crippen LogP contribution in [0, 0.1) is 17.1 Å². The number of sulfonamides is 1. The third kappa shape index (κ3) is 4.71. The topological polar surface area (TPSA) is 132 Å². The molecule has 2 aromatic heterocycles. The van der Waals surface area contributed by atoms with Crippen molar-refractivity contribution in [2.24, 2.45) is 5.73 Å². The van der Waals surface area contributed by atoms with Crippen LogP contribution < -0.4 is 15.0 Å². The van der Waals surface area contributed by atoms with Gasteiger partial charge in [0.05, 0.1) is 9.58 Å². The van der Waals surface area contributed by atoms with Crippen molar-refractivity contribution in [3.63, 3.8) is 0 Å². The van der Waals surface area contributed by atoms with Crippen LogP contribution in [0.25, 0.3) is 9.40 Å². The Morgan fingerprint density at radius 2 is 2.07 bits per heavy atom. The van der Waals surface area contributed by atoms with Crippen molar-refractivity contribution < 1.29 is 26.4 Å². The lowest BCUT2D eigenvalue weighted by Gasteiger charge is -2.00. The number of thiophene rings is 2. The molecule has 1 unspecified atom stereocenters. The van der Waals surface area contributed by atoms with Gasteiger partial charge in [0, 0.05) is 27.4 Å². The van der Waals surface area contributed by atoms with Crippen molar-refractivity contribution in [3.05, 3.63) is 46.6 Å². The fourth-order valence-corrected chi connectivity index (χ4v) is 6.45. The van der Waals surface area contributed by atoms with Gasteiger partial charge >= 0.3 is 8.25 Å². The van der Waals surface area contributed by atoms with Crippen LogP contribution in [0.15, 0.2) is 34.5 Å². The van der Waals surface area contributed by atoms with Gasteiger partial charge in [-0.2, -0.15) is 9.98 Å². The largest absolute Gasteiger partial charge is 0.751 e. The van der Waals surface area contributed by atoms with Crippen LogP contribution >= 0.6 is 30.9 Å². The smallest absolute Gasteiger partial charge is 0.326 e. The maximum Gasteiger partial charge on any atom is 0.751 e. The number of halogens is 1. The quantitative estimate of drug-likeness (QED) is 0.389. The van der Waals surface area contributed by atoms with Crippen molar-refractivity contribution >= 4 is 50.4 Å². The lowest BCUT2D eigenvalue weighted by atomic mass is 10.2. The van der Waals surface area contributed by atoms with E-state index in [1.54, 1.807) is 6.07 Å². The van der Waals surface area contributed by atoms with Gasteiger partial charge in [-0.05, 0) is 24.3 Å². The van der Waals surface area contributed by atoms with E-state index in [9.17, 15) is 17.4 Å². The zero-order valence-electron chi connectivity index (χ0n) is 13.9. The summed E-state index contributed by atoms with van der Waals surface area (Å²) in [5, 5.41) is 9.44. The number of benzene rings is 1. The van der Waals surface area contributed by atoms with Crippen LogP contribution in [-0.2, 0) is 25.7 Å². The first-order valence-electron chi connectivity index (χ1n) is 7.52. The molecule has 0 amide bonds. The molecule has 0 aliphatic heterocycles. The van der Waals surface area contributed by atoms with Crippen LogP contribution in [0.1, 0.15) is 10.4 Å². The van der Waals surface area contributed by atoms with Crippen molar-refractivity contribution in [1.82, 2.24) is 4.72 Å². The summed E-state index contributed by atoms with van der Waals surface area (Å²) in [5.74, 6) is -0.950. The summed E-state index contributed by atoms with van der Waals surface area (Å²) in [5.41, 5.74) is 5.37. The van der Waals surface area contributed by atoms with E-state index in [-0.39, 0.29) is 15.5 Å². The van der Waals surface area contributed by atoms with E-state index in [2.05, 4.69) is 4.72 Å². The van der Waals surface area contributed by atoms with Crippen LogP contribution in [-0.4, -0.2) is 15.1 Å². The van der Waals surface area contributed by atoms with Gasteiger partial charge in [-0.1, -0.05) is 4.52 Å². The van der Waals surface area contributed by atoms with Gasteiger partial charge in [0.25, 0.3) is 10.0 Å². The molecule has 0 radical (unpaired) electrons. The first-order valence-corrected chi connectivity index (χ1v) is 11.7. The molecule has 1 atom stereocenters. The zero-order chi connectivity index (χ0) is 20.3. The van der Waals surface area contributed by atoms with Gasteiger partial charge < -0.3 is 5.73 Å². The number of nitrogens with two attached hydrogens (primary N) is 1. The second kappa shape index (κ2) is 8.59. The Morgan fingerprint density at radius 3 is 2.71 bits per heavy atom. The number of rotatable bonds is 8. The Labute approximate surface area is 168 Å². The fourth-order valence-electron chi connectivity index (χ4n) is 2.08. The standard InChI is InChI=1S/C15H12FN3O5PS3/c16-13-5-11(2-1-9(13)6-17)24-25(20)23-8-19-28(21,22)14-4-10-3-12(7-18)26-15(10)27-14/h1-5,19H,7-8,18H2/q+1. The first-order chi connectivity index (χ1) is 13.3. The third-order valence-corrected chi connectivity index (χ3v) is 8.33. The Bertz CT molecular complexity index is 1150. The molecule has 2 heterocycles. The highest BCUT2D eigenvalue weighted by Crippen LogP contribution is 2.35. The van der Waals surface area contributed by atoms with Crippen molar-refractivity contribution in [2.75, 3.05) is 6.73 Å². The molecule has 1 aromatic carbocycles. The van der Waals surface area contributed by atoms with E-state index in [4.69, 9.17) is 20.0 Å². The minimum absolute atomic E-state index is 0.0891. The Morgan fingerprint density at radius 1 is 1.29 bits per heavy atom. The molecule has 146 valence electrons. The van der Waals surface area contributed by atoms with Crippen LogP contribution in [0.4, 0.5) is 4.39 Å². The predicted octanol–water partition coefficient (Wildman–Crippen LogP) is 3.42. The molecule has 0 aliphatic rings. The van der Waals surface area contributed by atoms with E-state index in [1.807, 2.05) is 6.07 Å². The van der Waals surface area contributed by atoms with Gasteiger partial charge in [0.1, 0.15) is 16.1 Å². The summed E-state index contributed by atoms with van der Waals surface area (Å²) in [6.07, 6.45) is 0. The second-order valence-corrected chi connectivity index (χ2v) is 10.5. The highest BCUT2D eigenvalue weighted by Gasteiger charge is 2.26. The van der Waals surface area contributed by atoms with Crippen molar-refractivity contribution in [1.29, 1.82) is 5.26 Å². The highest BCUT2D eigenvalue weighted by atomic mass is 32.2. The Hall–Kier alpha value is -1.97. The highest BCUT2D eigenvalue weighted by molar-refractivity contribution is 7.92. The van der Waals surface area contributed by atoms with Gasteiger partial charge in [-0.15, -0.1) is 22.7 Å². The maximum atomic E-state index is 13.5. The lowest BCUT2D eigenvalue weighted by Crippen LogP contribution is -2.24. The van der Waals surface area contributed by atoms with Crippen molar-refractivity contribution in [3.8, 4) is 11.8 Å². The molecular formula is C15H12FN3O5PS3+. The summed E-state index contributed by atoms with van der Waals surface area (Å²) < 4.78 is 62.5. The number of hydrogen-bond donors (Lipinski definition) is 2. The van der Waals surface area contributed by atoms with E-state index >= 15 is 0 Å². The van der Waals surface area contributed by atoms with E-state index in [0.29, 0.717) is 6.54 Å². The summed E-state index contributed by atoms with van der Waals surface area (Å²) in [6.45, 7) is -0.216. The molecule has 0 bridgehead atoms. The summed E-state index contributed by atoms with van der Waals surface area (Å²) in [7, 11) is -6.61. The van der Waals surface area contributed by atoms with Gasteiger partial charge in [0.2, 0.25) is 0 Å². The average Bonchev–Trinajstić information content (AvgIpc) is 3.21. The molecule has 0 saturated carbocycles. The first kappa shape index (κ1) is 20.8. The molecule has 0 saturated heterocycles. The van der Waals surface area contributed by atoms with Gasteiger partial charge in [-0.3, -0.25) is 0 Å². The Balaban J connectivity index is 1.56. The molecule has 0 aliphatic carbocycles. The number of hydrogen-bond acceptors (Lipinski definition) is 9. The van der Waals surface area contributed by atoms with Crippen LogP contribution in [0.5, 0.6) is 5.75 Å². The van der Waals surface area contributed by atoms with Crippen LogP contribution in [0.3, 0.4) is 0 Å². The molecule has 0 spiro atoms. The summed E-state index contributed by atoms with van der Waals surface area (Å²) in [6, 6.07) is 8.28. The second-order valence-electron chi connectivity index (χ2n) is 5.21. The van der Waals surface area contributed by atoms with E-state index < -0.39 is 30.8 Å². The fraction of sp³-hybridized carbons (Fsp3) is 0.133. The number of fused-ring (bicyclic) bond motifs is 1. The SMILES string of the molecule is N#Cc1ccc(O[P+](=O)OCNS(=O)(=O)c2cc3cc(CN)sc3s2)cc1F. The summed E-state index contributed by atoms with van der Waals surface area (Å²) >= 11 is 2.51. The monoisotopic (exact) mass is 460 g/mol. The number of nitriles is 1. The average molecular weight is 460 g/mol. The molecule has 8 nitrogen and oxygen atoms in total.